The van der Waals surface area contributed by atoms with Crippen molar-refractivity contribution in [3.8, 4) is 5.75 Å². The van der Waals surface area contributed by atoms with Crippen LogP contribution in [0.2, 0.25) is 0 Å². The van der Waals surface area contributed by atoms with Gasteiger partial charge < -0.3 is 25.3 Å². The number of ketones is 1. The number of nitrogens with two attached hydrogens (primary N) is 2. The van der Waals surface area contributed by atoms with Crippen LogP contribution in [-0.4, -0.2) is 59.3 Å². The highest BCUT2D eigenvalue weighted by molar-refractivity contribution is 6.45. The molecule has 1 amide bonds. The van der Waals surface area contributed by atoms with Crippen LogP contribution >= 0.6 is 0 Å². The third-order valence-corrected chi connectivity index (χ3v) is 5.65. The molecular formula is C23H26FN7O3. The second kappa shape index (κ2) is 9.79. The Hall–Kier alpha value is -4.12. The molecule has 1 fully saturated rings. The molecule has 3 aromatic rings. The molecule has 3 heterocycles. The zero-order valence-corrected chi connectivity index (χ0v) is 18.7. The van der Waals surface area contributed by atoms with Crippen LogP contribution in [0.1, 0.15) is 17.3 Å². The van der Waals surface area contributed by atoms with Gasteiger partial charge in [0.25, 0.3) is 11.7 Å². The first-order valence-corrected chi connectivity index (χ1v) is 10.8. The highest BCUT2D eigenvalue weighted by atomic mass is 19.1. The average molecular weight is 468 g/mol. The number of hydrazine groups is 1. The van der Waals surface area contributed by atoms with E-state index in [9.17, 15) is 14.0 Å². The Labute approximate surface area is 195 Å². The van der Waals surface area contributed by atoms with Crippen molar-refractivity contribution < 1.29 is 18.7 Å². The van der Waals surface area contributed by atoms with Gasteiger partial charge in [-0.15, -0.1) is 0 Å². The minimum absolute atomic E-state index is 0.0477. The molecule has 0 bridgehead atoms. The number of pyridine rings is 1. The number of aromatic nitrogens is 2. The molecular weight excluding hydrogens is 441 g/mol. The van der Waals surface area contributed by atoms with E-state index in [4.69, 9.17) is 16.3 Å². The van der Waals surface area contributed by atoms with E-state index in [2.05, 4.69) is 14.9 Å². The minimum Gasteiger partial charge on any atom is -0.492 e. The summed E-state index contributed by atoms with van der Waals surface area (Å²) in [6, 6.07) is 7.71. The third-order valence-electron chi connectivity index (χ3n) is 5.65. The normalized spacial score (nSPS) is 14.1. The molecule has 4 rings (SSSR count). The van der Waals surface area contributed by atoms with Crippen LogP contribution < -0.4 is 26.2 Å². The van der Waals surface area contributed by atoms with Gasteiger partial charge in [0.15, 0.2) is 11.6 Å². The summed E-state index contributed by atoms with van der Waals surface area (Å²) < 4.78 is 20.3. The molecule has 0 radical (unpaired) electrons. The van der Waals surface area contributed by atoms with Gasteiger partial charge in [0.2, 0.25) is 0 Å². The molecule has 0 atom stereocenters. The van der Waals surface area contributed by atoms with E-state index >= 15 is 0 Å². The lowest BCUT2D eigenvalue weighted by Gasteiger charge is -2.36. The van der Waals surface area contributed by atoms with Gasteiger partial charge in [-0.2, -0.15) is 0 Å². The molecule has 34 heavy (non-hydrogen) atoms. The summed E-state index contributed by atoms with van der Waals surface area (Å²) in [6.45, 7) is 4.24. The summed E-state index contributed by atoms with van der Waals surface area (Å²) in [5.74, 6) is 4.56. The number of fused-ring (bicyclic) bond motifs is 1. The number of H-pyrrole nitrogens is 1. The average Bonchev–Trinajstić information content (AvgIpc) is 3.30. The Morgan fingerprint density at radius 2 is 2.00 bits per heavy atom. The van der Waals surface area contributed by atoms with E-state index in [1.54, 1.807) is 0 Å². The number of carbonyl (C=O) groups is 2. The number of halogens is 1. The van der Waals surface area contributed by atoms with Gasteiger partial charge in [0.05, 0.1) is 35.0 Å². The number of hydrogen-bond donors (Lipinski definition) is 3. The lowest BCUT2D eigenvalue weighted by Crippen LogP contribution is -2.50. The molecule has 1 aliphatic rings. The number of rotatable bonds is 7. The number of ether oxygens (including phenoxy) is 1. The Balaban J connectivity index is 1.52. The molecule has 1 aliphatic heterocycles. The van der Waals surface area contributed by atoms with Gasteiger partial charge in [-0.25, -0.2) is 15.2 Å². The molecule has 5 N–H and O–H groups in total. The monoisotopic (exact) mass is 467 g/mol. The predicted molar refractivity (Wildman–Crippen MR) is 127 cm³/mol. The standard InChI is InChI=1S/C23H26FN7O3/c1-2-34-18-6-4-3-5-17(18)29-9-11-30(12-10-29)23(33)21(32)15-13-27-20-19(15)16(24)14-28-22(20)31(26)8-7-25/h3-8,13-14,27H,2,9-12,25-26H2,1H3/b8-7-. The fraction of sp³-hybridized carbons (Fsp3) is 0.261. The van der Waals surface area contributed by atoms with Gasteiger partial charge in [0.1, 0.15) is 5.75 Å². The second-order valence-corrected chi connectivity index (χ2v) is 7.64. The Morgan fingerprint density at radius 3 is 2.71 bits per heavy atom. The van der Waals surface area contributed by atoms with Crippen LogP contribution in [0.25, 0.3) is 10.9 Å². The second-order valence-electron chi connectivity index (χ2n) is 7.64. The molecule has 1 saturated heterocycles. The highest BCUT2D eigenvalue weighted by Gasteiger charge is 2.30. The number of anilines is 2. The topological polar surface area (TPSA) is 134 Å². The number of nitrogens with zero attached hydrogens (tertiary/aromatic N) is 4. The van der Waals surface area contributed by atoms with Gasteiger partial charge >= 0.3 is 0 Å². The van der Waals surface area contributed by atoms with Crippen LogP contribution in [0, 0.1) is 5.82 Å². The first kappa shape index (κ1) is 23.1. The molecule has 11 heteroatoms. The van der Waals surface area contributed by atoms with Crippen molar-refractivity contribution in [2.45, 2.75) is 6.92 Å². The fourth-order valence-corrected chi connectivity index (χ4v) is 4.04. The zero-order chi connectivity index (χ0) is 24.2. The number of piperazine rings is 1. The summed E-state index contributed by atoms with van der Waals surface area (Å²) in [4.78, 5) is 36.4. The Morgan fingerprint density at radius 1 is 1.26 bits per heavy atom. The third kappa shape index (κ3) is 4.25. The SMILES string of the molecule is CCOc1ccccc1N1CCN(C(=O)C(=O)c2c[nH]c3c(N(N)/C=C\N)ncc(F)c23)CC1. The number of amides is 1. The smallest absolute Gasteiger partial charge is 0.295 e. The predicted octanol–water partition coefficient (Wildman–Crippen LogP) is 1.74. The summed E-state index contributed by atoms with van der Waals surface area (Å²) in [6.07, 6.45) is 4.78. The van der Waals surface area contributed by atoms with E-state index in [0.29, 0.717) is 32.8 Å². The summed E-state index contributed by atoms with van der Waals surface area (Å²) in [5.41, 5.74) is 6.42. The zero-order valence-electron chi connectivity index (χ0n) is 18.7. The van der Waals surface area contributed by atoms with E-state index < -0.39 is 17.5 Å². The van der Waals surface area contributed by atoms with Crippen LogP contribution in [0.3, 0.4) is 0 Å². The molecule has 0 spiro atoms. The van der Waals surface area contributed by atoms with Crippen LogP contribution in [0.15, 0.2) is 49.1 Å². The fourth-order valence-electron chi connectivity index (χ4n) is 4.04. The van der Waals surface area contributed by atoms with Crippen LogP contribution in [-0.2, 0) is 4.79 Å². The molecule has 0 saturated carbocycles. The van der Waals surface area contributed by atoms with Gasteiger partial charge in [-0.1, -0.05) is 12.1 Å². The molecule has 0 aliphatic carbocycles. The van der Waals surface area contributed by atoms with Crippen molar-refractivity contribution >= 4 is 34.1 Å². The first-order chi connectivity index (χ1) is 16.5. The maximum absolute atomic E-state index is 14.6. The van der Waals surface area contributed by atoms with Gasteiger partial charge in [-0.3, -0.25) is 14.6 Å². The van der Waals surface area contributed by atoms with Crippen molar-refractivity contribution in [2.24, 2.45) is 11.6 Å². The minimum atomic E-state index is -0.802. The summed E-state index contributed by atoms with van der Waals surface area (Å²) in [7, 11) is 0. The number of nitrogens with one attached hydrogen (secondary N) is 1. The van der Waals surface area contributed by atoms with Crippen LogP contribution in [0.5, 0.6) is 5.75 Å². The lowest BCUT2D eigenvalue weighted by molar-refractivity contribution is -0.126. The first-order valence-electron chi connectivity index (χ1n) is 10.8. The van der Waals surface area contributed by atoms with E-state index in [1.807, 2.05) is 31.2 Å². The van der Waals surface area contributed by atoms with Crippen molar-refractivity contribution in [1.29, 1.82) is 0 Å². The van der Waals surface area contributed by atoms with Crippen molar-refractivity contribution in [3.05, 3.63) is 60.4 Å². The maximum Gasteiger partial charge on any atom is 0.295 e. The van der Waals surface area contributed by atoms with Crippen molar-refractivity contribution in [1.82, 2.24) is 14.9 Å². The van der Waals surface area contributed by atoms with Crippen molar-refractivity contribution in [2.75, 3.05) is 42.7 Å². The molecule has 0 unspecified atom stereocenters. The highest BCUT2D eigenvalue weighted by Crippen LogP contribution is 2.30. The van der Waals surface area contributed by atoms with E-state index in [-0.39, 0.29) is 22.3 Å². The molecule has 1 aromatic carbocycles. The quantitative estimate of drug-likeness (QED) is 0.207. The number of benzene rings is 1. The molecule has 10 nitrogen and oxygen atoms in total. The number of Topliss-reactive ketones (excluding diaryl/α,β-unsaturated/α-hetero) is 1. The Bertz CT molecular complexity index is 1230. The number of hydrogen-bond acceptors (Lipinski definition) is 8. The van der Waals surface area contributed by atoms with E-state index in [0.717, 1.165) is 22.6 Å². The van der Waals surface area contributed by atoms with E-state index in [1.165, 1.54) is 23.5 Å². The Kier molecular flexibility index (Phi) is 6.64. The summed E-state index contributed by atoms with van der Waals surface area (Å²) in [5, 5.41) is 1.04. The largest absolute Gasteiger partial charge is 0.492 e. The number of carbonyl (C=O) groups excluding carboxylic acids is 2. The number of aromatic amines is 1. The van der Waals surface area contributed by atoms with Gasteiger partial charge in [-0.05, 0) is 19.1 Å². The summed E-state index contributed by atoms with van der Waals surface area (Å²) >= 11 is 0. The molecule has 178 valence electrons. The number of para-hydroxylation sites is 2. The van der Waals surface area contributed by atoms with Crippen LogP contribution in [0.4, 0.5) is 15.9 Å². The lowest BCUT2D eigenvalue weighted by atomic mass is 10.1. The van der Waals surface area contributed by atoms with Gasteiger partial charge in [0, 0.05) is 44.8 Å². The maximum atomic E-state index is 14.6. The molecule has 2 aromatic heterocycles. The van der Waals surface area contributed by atoms with Crippen molar-refractivity contribution in [3.63, 3.8) is 0 Å².